The average molecular weight is 214 g/mol. The highest BCUT2D eigenvalue weighted by molar-refractivity contribution is 5.99. The molecular weight excluding hydrogens is 200 g/mol. The number of anilines is 2. The maximum absolute atomic E-state index is 11.3. The molecule has 0 fully saturated rings. The Morgan fingerprint density at radius 2 is 2.33 bits per heavy atom. The fourth-order valence-corrected chi connectivity index (χ4v) is 1.06. The van der Waals surface area contributed by atoms with Crippen molar-refractivity contribution in [2.45, 2.75) is 0 Å². The first-order valence-electron chi connectivity index (χ1n) is 4.35. The predicted molar refractivity (Wildman–Crippen MR) is 54.7 cm³/mol. The molecule has 0 amide bonds. The summed E-state index contributed by atoms with van der Waals surface area (Å²) in [4.78, 5) is 11.3. The number of hydrogen-bond acceptors (Lipinski definition) is 6. The van der Waals surface area contributed by atoms with Crippen LogP contribution in [-0.4, -0.2) is 43.5 Å². The number of nitrogens with two attached hydrogens (primary N) is 1. The molecule has 1 aromatic rings. The van der Waals surface area contributed by atoms with Gasteiger partial charge in [0.05, 0.1) is 13.7 Å². The fourth-order valence-electron chi connectivity index (χ4n) is 1.06. The van der Waals surface area contributed by atoms with Crippen molar-refractivity contribution in [3.63, 3.8) is 0 Å². The third-order valence-corrected chi connectivity index (χ3v) is 1.78. The Bertz CT molecular complexity index is 337. The molecule has 0 aromatic carbocycles. The zero-order chi connectivity index (χ0) is 11.3. The molecule has 1 rings (SSSR count). The van der Waals surface area contributed by atoms with Gasteiger partial charge in [-0.2, -0.15) is 5.10 Å². The van der Waals surface area contributed by atoms with Gasteiger partial charge in [0.1, 0.15) is 11.4 Å². The van der Waals surface area contributed by atoms with Gasteiger partial charge in [-0.05, 0) is 0 Å². The Morgan fingerprint density at radius 1 is 1.60 bits per heavy atom. The molecule has 0 unspecified atom stereocenters. The third-order valence-electron chi connectivity index (χ3n) is 1.78. The largest absolute Gasteiger partial charge is 0.465 e. The van der Waals surface area contributed by atoms with E-state index in [0.717, 1.165) is 0 Å². The van der Waals surface area contributed by atoms with E-state index in [0.29, 0.717) is 19.0 Å². The Kier molecular flexibility index (Phi) is 3.92. The first kappa shape index (κ1) is 11.3. The maximum Gasteiger partial charge on any atom is 0.345 e. The first-order valence-corrected chi connectivity index (χ1v) is 4.35. The van der Waals surface area contributed by atoms with Gasteiger partial charge in [0, 0.05) is 13.7 Å². The summed E-state index contributed by atoms with van der Waals surface area (Å²) in [5, 5.41) is 9.24. The lowest BCUT2D eigenvalue weighted by atomic mass is 10.3. The fraction of sp³-hybridized carbons (Fsp3) is 0.500. The van der Waals surface area contributed by atoms with Crippen LogP contribution in [0.5, 0.6) is 0 Å². The van der Waals surface area contributed by atoms with Gasteiger partial charge in [-0.15, -0.1) is 0 Å². The second-order valence-electron chi connectivity index (χ2n) is 2.77. The molecule has 0 saturated heterocycles. The van der Waals surface area contributed by atoms with Gasteiger partial charge in [0.2, 0.25) is 0 Å². The Morgan fingerprint density at radius 3 is 2.93 bits per heavy atom. The van der Waals surface area contributed by atoms with E-state index in [1.54, 1.807) is 7.11 Å². The van der Waals surface area contributed by atoms with E-state index in [1.807, 2.05) is 0 Å². The van der Waals surface area contributed by atoms with Crippen molar-refractivity contribution in [2.75, 3.05) is 38.4 Å². The Labute approximate surface area is 86.9 Å². The van der Waals surface area contributed by atoms with Crippen LogP contribution in [0.2, 0.25) is 0 Å². The van der Waals surface area contributed by atoms with Crippen LogP contribution in [0.4, 0.5) is 11.6 Å². The van der Waals surface area contributed by atoms with Gasteiger partial charge in [0.15, 0.2) is 5.82 Å². The van der Waals surface area contributed by atoms with Gasteiger partial charge in [0.25, 0.3) is 0 Å². The summed E-state index contributed by atoms with van der Waals surface area (Å²) in [5.74, 6) is 0.0272. The zero-order valence-corrected chi connectivity index (χ0v) is 8.66. The molecule has 0 aliphatic carbocycles. The molecule has 0 aliphatic rings. The topological polar surface area (TPSA) is 102 Å². The summed E-state index contributed by atoms with van der Waals surface area (Å²) in [6, 6.07) is 0. The monoisotopic (exact) mass is 214 g/mol. The van der Waals surface area contributed by atoms with Crippen molar-refractivity contribution in [1.29, 1.82) is 0 Å². The summed E-state index contributed by atoms with van der Waals surface area (Å²) in [5.41, 5.74) is 5.75. The molecule has 1 heterocycles. The molecule has 0 spiro atoms. The van der Waals surface area contributed by atoms with Crippen molar-refractivity contribution in [2.24, 2.45) is 0 Å². The standard InChI is InChI=1S/C8H14N4O3/c1-14-4-3-10-7-5(8(13)15-2)6(9)11-12-7/h3-4H2,1-2H3,(H4,9,10,11,12). The van der Waals surface area contributed by atoms with E-state index in [1.165, 1.54) is 7.11 Å². The minimum absolute atomic E-state index is 0.182. The van der Waals surface area contributed by atoms with Crippen LogP contribution >= 0.6 is 0 Å². The van der Waals surface area contributed by atoms with Crippen LogP contribution in [0.1, 0.15) is 10.4 Å². The number of carbonyl (C=O) groups excluding carboxylic acids is 1. The molecule has 0 aliphatic heterocycles. The number of nitrogens with one attached hydrogen (secondary N) is 2. The highest BCUT2D eigenvalue weighted by Gasteiger charge is 2.18. The molecule has 0 atom stereocenters. The number of nitrogen functional groups attached to an aromatic ring is 1. The number of aromatic nitrogens is 2. The van der Waals surface area contributed by atoms with Crippen molar-refractivity contribution < 1.29 is 14.3 Å². The summed E-state index contributed by atoms with van der Waals surface area (Å²) < 4.78 is 9.42. The average Bonchev–Trinajstić information content (AvgIpc) is 2.59. The van der Waals surface area contributed by atoms with Crippen LogP contribution in [0.3, 0.4) is 0 Å². The second-order valence-corrected chi connectivity index (χ2v) is 2.77. The molecular formula is C8H14N4O3. The Hall–Kier alpha value is -1.76. The van der Waals surface area contributed by atoms with Crippen LogP contribution in [0.25, 0.3) is 0 Å². The smallest absolute Gasteiger partial charge is 0.345 e. The van der Waals surface area contributed by atoms with E-state index >= 15 is 0 Å². The molecule has 0 saturated carbocycles. The summed E-state index contributed by atoms with van der Waals surface area (Å²) in [6.07, 6.45) is 0. The number of ether oxygens (including phenoxy) is 2. The number of esters is 1. The molecule has 4 N–H and O–H groups in total. The predicted octanol–water partition coefficient (Wildman–Crippen LogP) is -0.163. The molecule has 0 bridgehead atoms. The summed E-state index contributed by atoms with van der Waals surface area (Å²) in [6.45, 7) is 1.04. The van der Waals surface area contributed by atoms with E-state index < -0.39 is 5.97 Å². The zero-order valence-electron chi connectivity index (χ0n) is 8.66. The van der Waals surface area contributed by atoms with Crippen LogP contribution in [-0.2, 0) is 9.47 Å². The van der Waals surface area contributed by atoms with Gasteiger partial charge in [-0.25, -0.2) is 4.79 Å². The van der Waals surface area contributed by atoms with Crippen LogP contribution in [0.15, 0.2) is 0 Å². The number of aromatic amines is 1. The second kappa shape index (κ2) is 5.20. The van der Waals surface area contributed by atoms with Gasteiger partial charge >= 0.3 is 5.97 Å². The maximum atomic E-state index is 11.3. The number of rotatable bonds is 5. The molecule has 7 heteroatoms. The minimum atomic E-state index is -0.527. The number of nitrogens with zero attached hydrogens (tertiary/aromatic N) is 1. The van der Waals surface area contributed by atoms with E-state index in [-0.39, 0.29) is 11.4 Å². The quantitative estimate of drug-likeness (QED) is 0.465. The van der Waals surface area contributed by atoms with Crippen molar-refractivity contribution in [3.05, 3.63) is 5.56 Å². The van der Waals surface area contributed by atoms with Crippen LogP contribution < -0.4 is 11.1 Å². The number of carbonyl (C=O) groups is 1. The minimum Gasteiger partial charge on any atom is -0.465 e. The van der Waals surface area contributed by atoms with Crippen molar-refractivity contribution in [3.8, 4) is 0 Å². The summed E-state index contributed by atoms with van der Waals surface area (Å²) >= 11 is 0. The van der Waals surface area contributed by atoms with Gasteiger partial charge in [-0.1, -0.05) is 0 Å². The van der Waals surface area contributed by atoms with Gasteiger partial charge < -0.3 is 20.5 Å². The third kappa shape index (κ3) is 2.59. The number of H-pyrrole nitrogens is 1. The SMILES string of the molecule is COCCNc1n[nH]c(N)c1C(=O)OC. The molecule has 15 heavy (non-hydrogen) atoms. The lowest BCUT2D eigenvalue weighted by Gasteiger charge is -2.04. The first-order chi connectivity index (χ1) is 7.20. The van der Waals surface area contributed by atoms with E-state index in [9.17, 15) is 4.79 Å². The van der Waals surface area contributed by atoms with Crippen molar-refractivity contribution >= 4 is 17.6 Å². The number of methoxy groups -OCH3 is 2. The summed E-state index contributed by atoms with van der Waals surface area (Å²) in [7, 11) is 2.87. The van der Waals surface area contributed by atoms with E-state index in [4.69, 9.17) is 10.5 Å². The lowest BCUT2D eigenvalue weighted by molar-refractivity contribution is 0.0603. The molecule has 7 nitrogen and oxygen atoms in total. The van der Waals surface area contributed by atoms with Crippen LogP contribution in [0, 0.1) is 0 Å². The van der Waals surface area contributed by atoms with Gasteiger partial charge in [-0.3, -0.25) is 5.10 Å². The normalized spacial score (nSPS) is 10.0. The Balaban J connectivity index is 2.75. The number of hydrogen-bond donors (Lipinski definition) is 3. The molecule has 1 aromatic heterocycles. The highest BCUT2D eigenvalue weighted by Crippen LogP contribution is 2.18. The van der Waals surface area contributed by atoms with Crippen molar-refractivity contribution in [1.82, 2.24) is 10.2 Å². The highest BCUT2D eigenvalue weighted by atomic mass is 16.5. The lowest BCUT2D eigenvalue weighted by Crippen LogP contribution is -2.12. The van der Waals surface area contributed by atoms with E-state index in [2.05, 4.69) is 20.3 Å². The molecule has 0 radical (unpaired) electrons. The molecule has 84 valence electrons.